The second kappa shape index (κ2) is 7.85. The second-order valence-corrected chi connectivity index (χ2v) is 8.78. The molecule has 1 fully saturated rings. The zero-order valence-electron chi connectivity index (χ0n) is 15.1. The fourth-order valence-corrected chi connectivity index (χ4v) is 4.93. The molecule has 2 heterocycles. The predicted molar refractivity (Wildman–Crippen MR) is 99.5 cm³/mol. The third kappa shape index (κ3) is 4.32. The molecule has 1 aromatic carbocycles. The SMILES string of the molecule is CC1CC(C)CN(S(=O)(=O)c2ccc(NC=C(C#N)c3nn[nH]n3)cc2)C1. The molecule has 1 aromatic heterocycles. The third-order valence-electron chi connectivity index (χ3n) is 4.42. The highest BCUT2D eigenvalue weighted by Gasteiger charge is 2.31. The number of H-pyrrole nitrogens is 1. The van der Waals surface area contributed by atoms with Gasteiger partial charge in [-0.3, -0.25) is 0 Å². The van der Waals surface area contributed by atoms with E-state index in [1.165, 1.54) is 6.20 Å². The van der Waals surface area contributed by atoms with Crippen molar-refractivity contribution in [3.63, 3.8) is 0 Å². The smallest absolute Gasteiger partial charge is 0.243 e. The maximum Gasteiger partial charge on any atom is 0.243 e. The van der Waals surface area contributed by atoms with E-state index in [4.69, 9.17) is 5.26 Å². The second-order valence-electron chi connectivity index (χ2n) is 6.84. The van der Waals surface area contributed by atoms with Gasteiger partial charge in [-0.05, 0) is 47.7 Å². The van der Waals surface area contributed by atoms with Gasteiger partial charge in [-0.25, -0.2) is 8.42 Å². The molecule has 142 valence electrons. The zero-order valence-corrected chi connectivity index (χ0v) is 15.9. The summed E-state index contributed by atoms with van der Waals surface area (Å²) in [5.74, 6) is 0.880. The first-order valence-corrected chi connectivity index (χ1v) is 10.0. The summed E-state index contributed by atoms with van der Waals surface area (Å²) in [4.78, 5) is 0.261. The van der Waals surface area contributed by atoms with E-state index in [2.05, 4.69) is 39.8 Å². The number of piperidine rings is 1. The number of aromatic amines is 1. The van der Waals surface area contributed by atoms with Gasteiger partial charge in [0.25, 0.3) is 0 Å². The molecule has 3 rings (SSSR count). The summed E-state index contributed by atoms with van der Waals surface area (Å²) in [5.41, 5.74) is 0.849. The molecule has 2 N–H and O–H groups in total. The van der Waals surface area contributed by atoms with Crippen LogP contribution in [0, 0.1) is 23.2 Å². The van der Waals surface area contributed by atoms with Gasteiger partial charge in [0, 0.05) is 25.0 Å². The number of nitrogens with zero attached hydrogens (tertiary/aromatic N) is 5. The monoisotopic (exact) mass is 387 g/mol. The molecule has 0 aliphatic carbocycles. The minimum atomic E-state index is -3.51. The number of allylic oxidation sites excluding steroid dienone is 1. The van der Waals surface area contributed by atoms with E-state index >= 15 is 0 Å². The number of hydrogen-bond acceptors (Lipinski definition) is 7. The number of anilines is 1. The van der Waals surface area contributed by atoms with Crippen molar-refractivity contribution in [2.45, 2.75) is 25.2 Å². The summed E-state index contributed by atoms with van der Waals surface area (Å²) in [5, 5.41) is 25.3. The van der Waals surface area contributed by atoms with Crippen molar-refractivity contribution in [2.75, 3.05) is 18.4 Å². The van der Waals surface area contributed by atoms with Crippen LogP contribution in [-0.2, 0) is 10.0 Å². The molecule has 9 nitrogen and oxygen atoms in total. The molecule has 0 amide bonds. The highest BCUT2D eigenvalue weighted by molar-refractivity contribution is 7.89. The Hall–Kier alpha value is -2.77. The minimum Gasteiger partial charge on any atom is -0.360 e. The Balaban J connectivity index is 1.74. The first-order chi connectivity index (χ1) is 12.9. The molecule has 1 saturated heterocycles. The number of tetrazole rings is 1. The number of benzene rings is 1. The summed E-state index contributed by atoms with van der Waals surface area (Å²) in [6, 6.07) is 8.42. The molecule has 1 aliphatic rings. The number of rotatable bonds is 5. The first-order valence-electron chi connectivity index (χ1n) is 8.61. The van der Waals surface area contributed by atoms with Crippen LogP contribution in [0.1, 0.15) is 26.1 Å². The van der Waals surface area contributed by atoms with Crippen molar-refractivity contribution >= 4 is 21.3 Å². The number of sulfonamides is 1. The van der Waals surface area contributed by atoms with Crippen molar-refractivity contribution < 1.29 is 8.42 Å². The summed E-state index contributed by atoms with van der Waals surface area (Å²) >= 11 is 0. The summed E-state index contributed by atoms with van der Waals surface area (Å²) in [6.07, 6.45) is 2.49. The molecule has 2 aromatic rings. The number of nitriles is 1. The van der Waals surface area contributed by atoms with Crippen LogP contribution >= 0.6 is 0 Å². The molecule has 10 heteroatoms. The van der Waals surface area contributed by atoms with Crippen LogP contribution in [0.4, 0.5) is 5.69 Å². The highest BCUT2D eigenvalue weighted by Crippen LogP contribution is 2.27. The van der Waals surface area contributed by atoms with Gasteiger partial charge in [-0.1, -0.05) is 13.8 Å². The molecule has 0 saturated carbocycles. The fourth-order valence-electron chi connectivity index (χ4n) is 3.25. The molecule has 0 spiro atoms. The lowest BCUT2D eigenvalue weighted by Crippen LogP contribution is -2.42. The van der Waals surface area contributed by atoms with E-state index in [1.807, 2.05) is 6.07 Å². The van der Waals surface area contributed by atoms with Crippen LogP contribution in [0.25, 0.3) is 5.57 Å². The summed E-state index contributed by atoms with van der Waals surface area (Å²) in [7, 11) is -3.51. The van der Waals surface area contributed by atoms with Gasteiger partial charge in [0.15, 0.2) is 0 Å². The van der Waals surface area contributed by atoms with Crippen molar-refractivity contribution in [1.29, 1.82) is 5.26 Å². The predicted octanol–water partition coefficient (Wildman–Crippen LogP) is 1.84. The number of nitrogens with one attached hydrogen (secondary N) is 2. The largest absolute Gasteiger partial charge is 0.360 e. The van der Waals surface area contributed by atoms with Gasteiger partial charge in [0.05, 0.1) is 4.90 Å². The van der Waals surface area contributed by atoms with Gasteiger partial charge in [0.2, 0.25) is 15.8 Å². The van der Waals surface area contributed by atoms with Crippen LogP contribution in [0.5, 0.6) is 0 Å². The molecule has 0 bridgehead atoms. The van der Waals surface area contributed by atoms with Crippen LogP contribution in [0.3, 0.4) is 0 Å². The Morgan fingerprint density at radius 1 is 1.30 bits per heavy atom. The lowest BCUT2D eigenvalue weighted by Gasteiger charge is -2.34. The minimum absolute atomic E-state index is 0.178. The first kappa shape index (κ1) is 19.0. The zero-order chi connectivity index (χ0) is 19.4. The maximum absolute atomic E-state index is 12.9. The number of aromatic nitrogens is 4. The molecule has 27 heavy (non-hydrogen) atoms. The molecule has 0 radical (unpaired) electrons. The molecular formula is C17H21N7O2S. The van der Waals surface area contributed by atoms with Gasteiger partial charge < -0.3 is 5.32 Å². The van der Waals surface area contributed by atoms with Crippen LogP contribution < -0.4 is 5.32 Å². The average Bonchev–Trinajstić information content (AvgIpc) is 3.16. The standard InChI is InChI=1S/C17H21N7O2S/c1-12-7-13(2)11-24(10-12)27(25,26)16-5-3-15(4-6-16)19-9-14(8-18)17-20-22-23-21-17/h3-6,9,12-13,19H,7,10-11H2,1-2H3,(H,20,21,22,23). The molecule has 2 unspecified atom stereocenters. The average molecular weight is 387 g/mol. The van der Waals surface area contributed by atoms with E-state index in [9.17, 15) is 8.42 Å². The van der Waals surface area contributed by atoms with E-state index in [0.717, 1.165) is 6.42 Å². The number of hydrogen-bond donors (Lipinski definition) is 2. The highest BCUT2D eigenvalue weighted by atomic mass is 32.2. The van der Waals surface area contributed by atoms with Gasteiger partial charge in [-0.2, -0.15) is 14.8 Å². The van der Waals surface area contributed by atoms with Crippen molar-refractivity contribution in [1.82, 2.24) is 24.9 Å². The summed E-state index contributed by atoms with van der Waals surface area (Å²) < 4.78 is 27.3. The van der Waals surface area contributed by atoms with Gasteiger partial charge in [-0.15, -0.1) is 10.2 Å². The van der Waals surface area contributed by atoms with Crippen LogP contribution in [0.2, 0.25) is 0 Å². The fraction of sp³-hybridized carbons (Fsp3) is 0.412. The van der Waals surface area contributed by atoms with Gasteiger partial charge >= 0.3 is 0 Å². The Kier molecular flexibility index (Phi) is 5.53. The van der Waals surface area contributed by atoms with Crippen molar-refractivity contribution in [3.05, 3.63) is 36.3 Å². The summed E-state index contributed by atoms with van der Waals surface area (Å²) in [6.45, 7) is 5.25. The van der Waals surface area contributed by atoms with Crippen LogP contribution in [-0.4, -0.2) is 46.4 Å². The van der Waals surface area contributed by atoms with Crippen molar-refractivity contribution in [2.24, 2.45) is 11.8 Å². The Morgan fingerprint density at radius 2 is 1.96 bits per heavy atom. The van der Waals surface area contributed by atoms with Crippen molar-refractivity contribution in [3.8, 4) is 6.07 Å². The third-order valence-corrected chi connectivity index (χ3v) is 6.26. The van der Waals surface area contributed by atoms with Crippen LogP contribution in [0.15, 0.2) is 35.4 Å². The van der Waals surface area contributed by atoms with E-state index < -0.39 is 10.0 Å². The topological polar surface area (TPSA) is 128 Å². The lowest BCUT2D eigenvalue weighted by atomic mass is 9.94. The van der Waals surface area contributed by atoms with Gasteiger partial charge in [0.1, 0.15) is 11.6 Å². The quantitative estimate of drug-likeness (QED) is 0.749. The van der Waals surface area contributed by atoms with E-state index in [0.29, 0.717) is 30.6 Å². The Labute approximate surface area is 158 Å². The van der Waals surface area contributed by atoms with E-state index in [-0.39, 0.29) is 16.3 Å². The molecule has 1 aliphatic heterocycles. The molecule has 2 atom stereocenters. The van der Waals surface area contributed by atoms with E-state index in [1.54, 1.807) is 28.6 Å². The Morgan fingerprint density at radius 3 is 2.52 bits per heavy atom. The maximum atomic E-state index is 12.9. The Bertz CT molecular complexity index is 936. The normalized spacial score (nSPS) is 21.6. The molecular weight excluding hydrogens is 366 g/mol. The lowest BCUT2D eigenvalue weighted by molar-refractivity contribution is 0.222.